The normalized spacial score (nSPS) is 21.2. The average molecular weight is 485 g/mol. The fraction of sp³-hybridized carbons (Fsp3) is 0.571. The van der Waals surface area contributed by atoms with Gasteiger partial charge in [-0.1, -0.05) is 29.8 Å². The second-order valence-electron chi connectivity index (χ2n) is 7.50. The van der Waals surface area contributed by atoms with Crippen LogP contribution in [0.25, 0.3) is 0 Å². The first-order valence-electron chi connectivity index (χ1n) is 9.66. The minimum absolute atomic E-state index is 0. The van der Waals surface area contributed by atoms with Crippen LogP contribution in [0.15, 0.2) is 40.9 Å². The molecule has 0 amide bonds. The minimum atomic E-state index is -0.198. The van der Waals surface area contributed by atoms with E-state index in [9.17, 15) is 0 Å². The molecule has 3 rings (SSSR count). The highest BCUT2D eigenvalue weighted by Crippen LogP contribution is 2.39. The zero-order valence-corrected chi connectivity index (χ0v) is 18.9. The molecular weight excluding hydrogens is 453 g/mol. The Hall–Kier alpha value is -1.28. The lowest BCUT2D eigenvalue weighted by atomic mass is 9.90. The van der Waals surface area contributed by atoms with Crippen molar-refractivity contribution in [3.05, 3.63) is 41.5 Å². The first-order chi connectivity index (χ1) is 12.6. The molecule has 0 fully saturated rings. The van der Waals surface area contributed by atoms with Gasteiger partial charge in [-0.25, -0.2) is 0 Å². The third-order valence-electron chi connectivity index (χ3n) is 4.79. The van der Waals surface area contributed by atoms with Crippen molar-refractivity contribution in [2.75, 3.05) is 26.3 Å². The molecule has 0 aromatic heterocycles. The lowest BCUT2D eigenvalue weighted by molar-refractivity contribution is 0.0694. The highest BCUT2D eigenvalue weighted by Gasteiger charge is 2.33. The van der Waals surface area contributed by atoms with Crippen LogP contribution in [0, 0.1) is 0 Å². The molecule has 0 spiro atoms. The van der Waals surface area contributed by atoms with Gasteiger partial charge in [0, 0.05) is 25.1 Å². The maximum Gasteiger partial charge on any atom is 0.191 e. The summed E-state index contributed by atoms with van der Waals surface area (Å²) in [6, 6.07) is 8.47. The Labute approximate surface area is 180 Å². The number of hydrogen-bond donors (Lipinski definition) is 2. The number of fused-ring (bicyclic) bond motifs is 1. The molecule has 0 saturated carbocycles. The molecule has 0 radical (unpaired) electrons. The van der Waals surface area contributed by atoms with Crippen LogP contribution in [-0.2, 0) is 4.74 Å². The Morgan fingerprint density at radius 2 is 2.11 bits per heavy atom. The van der Waals surface area contributed by atoms with Gasteiger partial charge >= 0.3 is 0 Å². The van der Waals surface area contributed by atoms with E-state index in [1.807, 2.05) is 12.1 Å². The number of guanidine groups is 1. The third-order valence-corrected chi connectivity index (χ3v) is 4.79. The van der Waals surface area contributed by atoms with Crippen molar-refractivity contribution in [1.29, 1.82) is 0 Å². The second kappa shape index (κ2) is 10.3. The molecule has 6 heteroatoms. The van der Waals surface area contributed by atoms with Gasteiger partial charge in [0.25, 0.3) is 0 Å². The molecule has 2 aliphatic rings. The molecule has 2 aliphatic heterocycles. The largest absolute Gasteiger partial charge is 0.487 e. The summed E-state index contributed by atoms with van der Waals surface area (Å²) in [6.07, 6.45) is 5.12. The molecule has 5 nitrogen and oxygen atoms in total. The van der Waals surface area contributed by atoms with Crippen molar-refractivity contribution < 1.29 is 9.47 Å². The van der Waals surface area contributed by atoms with Crippen molar-refractivity contribution in [2.24, 2.45) is 4.99 Å². The number of nitrogens with zero attached hydrogens (tertiary/aromatic N) is 1. The Morgan fingerprint density at radius 3 is 2.85 bits per heavy atom. The van der Waals surface area contributed by atoms with Crippen LogP contribution in [0.5, 0.6) is 5.75 Å². The SMILES string of the molecule is CCNC(=NCCC1=CCOCC1)NC1CC(C)(C)Oc2ccccc21.I. The van der Waals surface area contributed by atoms with Gasteiger partial charge in [-0.2, -0.15) is 0 Å². The zero-order chi connectivity index (χ0) is 18.4. The smallest absolute Gasteiger partial charge is 0.191 e. The van der Waals surface area contributed by atoms with E-state index in [1.54, 1.807) is 0 Å². The van der Waals surface area contributed by atoms with Crippen molar-refractivity contribution in [1.82, 2.24) is 10.6 Å². The molecule has 1 atom stereocenters. The number of nitrogens with one attached hydrogen (secondary N) is 2. The Balaban J connectivity index is 0.00000261. The molecule has 150 valence electrons. The molecule has 2 heterocycles. The molecule has 1 unspecified atom stereocenters. The topological polar surface area (TPSA) is 54.9 Å². The summed E-state index contributed by atoms with van der Waals surface area (Å²) in [5.41, 5.74) is 2.45. The molecular formula is C21H32IN3O2. The van der Waals surface area contributed by atoms with Gasteiger partial charge in [-0.15, -0.1) is 24.0 Å². The summed E-state index contributed by atoms with van der Waals surface area (Å²) in [4.78, 5) is 4.79. The van der Waals surface area contributed by atoms with E-state index in [4.69, 9.17) is 14.5 Å². The lowest BCUT2D eigenvalue weighted by Gasteiger charge is -2.38. The predicted octanol–water partition coefficient (Wildman–Crippen LogP) is 4.20. The van der Waals surface area contributed by atoms with Crippen LogP contribution in [0.3, 0.4) is 0 Å². The predicted molar refractivity (Wildman–Crippen MR) is 121 cm³/mol. The number of rotatable bonds is 5. The van der Waals surface area contributed by atoms with Crippen molar-refractivity contribution in [2.45, 2.75) is 51.7 Å². The Morgan fingerprint density at radius 1 is 1.30 bits per heavy atom. The van der Waals surface area contributed by atoms with E-state index in [2.05, 4.69) is 49.6 Å². The number of aliphatic imine (C=N–C) groups is 1. The third kappa shape index (κ3) is 6.38. The Bertz CT molecular complexity index is 673. The van der Waals surface area contributed by atoms with E-state index in [0.29, 0.717) is 0 Å². The molecule has 2 N–H and O–H groups in total. The van der Waals surface area contributed by atoms with E-state index < -0.39 is 0 Å². The highest BCUT2D eigenvalue weighted by molar-refractivity contribution is 14.0. The van der Waals surface area contributed by atoms with Gasteiger partial charge in [0.2, 0.25) is 0 Å². The van der Waals surface area contributed by atoms with E-state index in [1.165, 1.54) is 11.1 Å². The maximum absolute atomic E-state index is 6.13. The fourth-order valence-electron chi connectivity index (χ4n) is 3.52. The van der Waals surface area contributed by atoms with Crippen LogP contribution in [-0.4, -0.2) is 37.9 Å². The van der Waals surface area contributed by atoms with Crippen LogP contribution in [0.1, 0.15) is 51.6 Å². The van der Waals surface area contributed by atoms with Crippen molar-refractivity contribution in [3.8, 4) is 5.75 Å². The summed E-state index contributed by atoms with van der Waals surface area (Å²) < 4.78 is 11.5. The summed E-state index contributed by atoms with van der Waals surface area (Å²) >= 11 is 0. The average Bonchev–Trinajstić information content (AvgIpc) is 2.62. The molecule has 1 aromatic rings. The number of halogens is 1. The zero-order valence-electron chi connectivity index (χ0n) is 16.6. The van der Waals surface area contributed by atoms with Gasteiger partial charge in [0.1, 0.15) is 11.4 Å². The fourth-order valence-corrected chi connectivity index (χ4v) is 3.52. The summed E-state index contributed by atoms with van der Waals surface area (Å²) in [5.74, 6) is 1.84. The van der Waals surface area contributed by atoms with E-state index in [0.717, 1.165) is 57.3 Å². The molecule has 0 bridgehead atoms. The second-order valence-corrected chi connectivity index (χ2v) is 7.50. The molecule has 0 saturated heterocycles. The van der Waals surface area contributed by atoms with E-state index in [-0.39, 0.29) is 35.6 Å². The maximum atomic E-state index is 6.13. The number of hydrogen-bond acceptors (Lipinski definition) is 3. The first kappa shape index (κ1) is 22.0. The summed E-state index contributed by atoms with van der Waals surface area (Å²) in [5, 5.41) is 7.00. The van der Waals surface area contributed by atoms with Crippen LogP contribution in [0.2, 0.25) is 0 Å². The van der Waals surface area contributed by atoms with Crippen molar-refractivity contribution >= 4 is 29.9 Å². The van der Waals surface area contributed by atoms with Gasteiger partial charge in [0.05, 0.1) is 19.3 Å². The first-order valence-corrected chi connectivity index (χ1v) is 9.66. The van der Waals surface area contributed by atoms with Crippen molar-refractivity contribution in [3.63, 3.8) is 0 Å². The van der Waals surface area contributed by atoms with Gasteiger partial charge in [-0.3, -0.25) is 4.99 Å². The standard InChI is InChI=1S/C21H31N3O2.HI/c1-4-22-20(23-12-9-16-10-13-25-14-11-16)24-18-15-21(2,3)26-19-8-6-5-7-17(18)19;/h5-8,10,18H,4,9,11-15H2,1-3H3,(H2,22,23,24);1H. The summed E-state index contributed by atoms with van der Waals surface area (Å²) in [6.45, 7) is 9.58. The number of para-hydroxylation sites is 1. The molecule has 0 aliphatic carbocycles. The number of benzene rings is 1. The Kier molecular flexibility index (Phi) is 8.41. The van der Waals surface area contributed by atoms with Crippen LogP contribution in [0.4, 0.5) is 0 Å². The quantitative estimate of drug-likeness (QED) is 0.284. The van der Waals surface area contributed by atoms with Gasteiger partial charge < -0.3 is 20.1 Å². The minimum Gasteiger partial charge on any atom is -0.487 e. The van der Waals surface area contributed by atoms with Gasteiger partial charge in [-0.05, 0) is 39.7 Å². The summed E-state index contributed by atoms with van der Waals surface area (Å²) in [7, 11) is 0. The lowest BCUT2D eigenvalue weighted by Crippen LogP contribution is -2.45. The number of ether oxygens (including phenoxy) is 2. The van der Waals surface area contributed by atoms with Gasteiger partial charge in [0.15, 0.2) is 5.96 Å². The van der Waals surface area contributed by atoms with Crippen LogP contribution < -0.4 is 15.4 Å². The monoisotopic (exact) mass is 485 g/mol. The molecule has 1 aromatic carbocycles. The molecule has 27 heavy (non-hydrogen) atoms. The van der Waals surface area contributed by atoms with E-state index >= 15 is 0 Å². The van der Waals surface area contributed by atoms with Crippen LogP contribution >= 0.6 is 24.0 Å². The highest BCUT2D eigenvalue weighted by atomic mass is 127.